The molecule has 1 heterocycles. The molecule has 3 amide bonds. The third-order valence-corrected chi connectivity index (χ3v) is 2.91. The summed E-state index contributed by atoms with van der Waals surface area (Å²) in [6.07, 6.45) is 0.509. The van der Waals surface area contributed by atoms with Gasteiger partial charge in [0.1, 0.15) is 12.3 Å². The summed E-state index contributed by atoms with van der Waals surface area (Å²) in [7, 11) is 0. The van der Waals surface area contributed by atoms with E-state index < -0.39 is 18.3 Å². The van der Waals surface area contributed by atoms with Gasteiger partial charge in [-0.2, -0.15) is 0 Å². The van der Waals surface area contributed by atoms with Crippen molar-refractivity contribution in [1.82, 2.24) is 9.80 Å². The Labute approximate surface area is 83.3 Å². The van der Waals surface area contributed by atoms with Crippen molar-refractivity contribution >= 4 is 11.9 Å². The fourth-order valence-corrected chi connectivity index (χ4v) is 1.69. The van der Waals surface area contributed by atoms with Gasteiger partial charge in [0.2, 0.25) is 0 Å². The van der Waals surface area contributed by atoms with Gasteiger partial charge >= 0.3 is 6.03 Å². The second kappa shape index (κ2) is 3.57. The van der Waals surface area contributed by atoms with Crippen molar-refractivity contribution in [3.8, 4) is 0 Å². The van der Waals surface area contributed by atoms with Gasteiger partial charge < -0.3 is 5.11 Å². The fourth-order valence-electron chi connectivity index (χ4n) is 1.69. The molecule has 5 nitrogen and oxygen atoms in total. The van der Waals surface area contributed by atoms with Gasteiger partial charge in [-0.05, 0) is 20.3 Å². The number of likely N-dealkylation sites (N-methyl/N-ethyl adjacent to an activating group) is 1. The molecule has 80 valence electrons. The lowest BCUT2D eigenvalue weighted by Crippen LogP contribution is -2.46. The number of rotatable bonds is 3. The Morgan fingerprint density at radius 3 is 2.21 bits per heavy atom. The number of aliphatic hydroxyl groups excluding tert-OH is 1. The maximum absolute atomic E-state index is 11.8. The normalized spacial score (nSPS) is 27.7. The third kappa shape index (κ3) is 1.19. The van der Waals surface area contributed by atoms with E-state index in [0.29, 0.717) is 13.0 Å². The van der Waals surface area contributed by atoms with Crippen LogP contribution in [0.2, 0.25) is 0 Å². The Kier molecular flexibility index (Phi) is 2.80. The highest BCUT2D eigenvalue weighted by Gasteiger charge is 2.52. The average molecular weight is 200 g/mol. The summed E-state index contributed by atoms with van der Waals surface area (Å²) in [4.78, 5) is 25.8. The average Bonchev–Trinajstić information content (AvgIpc) is 2.36. The van der Waals surface area contributed by atoms with E-state index in [-0.39, 0.29) is 5.91 Å². The molecule has 14 heavy (non-hydrogen) atoms. The molecule has 0 bridgehead atoms. The van der Waals surface area contributed by atoms with Crippen LogP contribution in [0.15, 0.2) is 0 Å². The number of amides is 3. The number of imide groups is 1. The zero-order valence-electron chi connectivity index (χ0n) is 8.78. The minimum Gasteiger partial charge on any atom is -0.376 e. The lowest BCUT2D eigenvalue weighted by atomic mass is 9.98. The third-order valence-electron chi connectivity index (χ3n) is 2.91. The van der Waals surface area contributed by atoms with Crippen LogP contribution in [0.5, 0.6) is 0 Å². The molecule has 1 N–H and O–H groups in total. The second-order valence-electron chi connectivity index (χ2n) is 3.53. The molecule has 1 fully saturated rings. The Hall–Kier alpha value is -1.10. The number of hydrogen-bond acceptors (Lipinski definition) is 3. The molecule has 1 saturated heterocycles. The van der Waals surface area contributed by atoms with Crippen molar-refractivity contribution in [2.45, 2.75) is 32.7 Å². The van der Waals surface area contributed by atoms with Crippen molar-refractivity contribution < 1.29 is 14.7 Å². The summed E-state index contributed by atoms with van der Waals surface area (Å²) in [6, 6.07) is -0.399. The summed E-state index contributed by atoms with van der Waals surface area (Å²) in [5, 5.41) is 9.06. The first-order valence-electron chi connectivity index (χ1n) is 4.77. The molecule has 0 saturated carbocycles. The van der Waals surface area contributed by atoms with Crippen LogP contribution in [0.1, 0.15) is 27.2 Å². The fraction of sp³-hybridized carbons (Fsp3) is 0.778. The number of urea groups is 1. The van der Waals surface area contributed by atoms with Crippen LogP contribution in [0.4, 0.5) is 4.79 Å². The molecule has 5 heteroatoms. The van der Waals surface area contributed by atoms with Gasteiger partial charge in [0, 0.05) is 6.54 Å². The van der Waals surface area contributed by atoms with E-state index in [4.69, 9.17) is 5.11 Å². The summed E-state index contributed by atoms with van der Waals surface area (Å²) in [5.74, 6) is -0.221. The first kappa shape index (κ1) is 11.0. The first-order valence-corrected chi connectivity index (χ1v) is 4.77. The summed E-state index contributed by atoms with van der Waals surface area (Å²) in [6.45, 7) is 5.19. The molecule has 1 atom stereocenters. The van der Waals surface area contributed by atoms with Gasteiger partial charge in [0.15, 0.2) is 0 Å². The minimum atomic E-state index is -0.873. The molecule has 1 unspecified atom stereocenters. The quantitative estimate of drug-likeness (QED) is 0.670. The lowest BCUT2D eigenvalue weighted by Gasteiger charge is -2.28. The zero-order valence-corrected chi connectivity index (χ0v) is 8.78. The minimum absolute atomic E-state index is 0.221. The van der Waals surface area contributed by atoms with E-state index in [9.17, 15) is 9.59 Å². The van der Waals surface area contributed by atoms with Crippen LogP contribution < -0.4 is 0 Å². The Morgan fingerprint density at radius 2 is 1.93 bits per heavy atom. The molecular formula is C9H16N2O3. The molecule has 0 aliphatic carbocycles. The molecule has 1 aliphatic heterocycles. The van der Waals surface area contributed by atoms with Crippen LogP contribution in [0, 0.1) is 0 Å². The van der Waals surface area contributed by atoms with Crippen molar-refractivity contribution in [2.24, 2.45) is 0 Å². The zero-order chi connectivity index (χ0) is 10.9. The molecule has 1 rings (SSSR count). The van der Waals surface area contributed by atoms with Crippen LogP contribution >= 0.6 is 0 Å². The monoisotopic (exact) mass is 200 g/mol. The van der Waals surface area contributed by atoms with Gasteiger partial charge in [0.25, 0.3) is 5.91 Å². The Morgan fingerprint density at radius 1 is 1.36 bits per heavy atom. The highest BCUT2D eigenvalue weighted by Crippen LogP contribution is 2.29. The molecule has 0 radical (unpaired) electrons. The number of carbonyl (C=O) groups excluding carboxylic acids is 2. The van der Waals surface area contributed by atoms with E-state index in [0.717, 1.165) is 0 Å². The summed E-state index contributed by atoms with van der Waals surface area (Å²) >= 11 is 0. The highest BCUT2D eigenvalue weighted by atomic mass is 16.3. The number of carbonyl (C=O) groups is 2. The van der Waals surface area contributed by atoms with E-state index in [1.54, 1.807) is 13.8 Å². The van der Waals surface area contributed by atoms with Crippen LogP contribution in [0.3, 0.4) is 0 Å². The molecular weight excluding hydrogens is 184 g/mol. The SMILES string of the molecule is CCN1C(=O)N(CO)C(C)(CC)C1=O. The van der Waals surface area contributed by atoms with Gasteiger partial charge in [0.05, 0.1) is 0 Å². The van der Waals surface area contributed by atoms with E-state index in [2.05, 4.69) is 0 Å². The standard InChI is InChI=1S/C9H16N2O3/c1-4-9(3)7(13)10(5-2)8(14)11(9)6-12/h12H,4-6H2,1-3H3. The topological polar surface area (TPSA) is 60.9 Å². The lowest BCUT2D eigenvalue weighted by molar-refractivity contribution is -0.133. The predicted molar refractivity (Wildman–Crippen MR) is 50.4 cm³/mol. The largest absolute Gasteiger partial charge is 0.376 e. The van der Waals surface area contributed by atoms with E-state index in [1.807, 2.05) is 6.92 Å². The first-order chi connectivity index (χ1) is 6.52. The maximum Gasteiger partial charge on any atom is 0.329 e. The number of hydrogen-bond donors (Lipinski definition) is 1. The van der Waals surface area contributed by atoms with Crippen LogP contribution in [-0.2, 0) is 4.79 Å². The van der Waals surface area contributed by atoms with Gasteiger partial charge in [-0.15, -0.1) is 0 Å². The second-order valence-corrected chi connectivity index (χ2v) is 3.53. The van der Waals surface area contributed by atoms with Gasteiger partial charge in [-0.25, -0.2) is 4.79 Å². The molecule has 0 aromatic rings. The number of aliphatic hydroxyl groups is 1. The summed E-state index contributed by atoms with van der Waals surface area (Å²) < 4.78 is 0. The van der Waals surface area contributed by atoms with Gasteiger partial charge in [-0.1, -0.05) is 6.92 Å². The van der Waals surface area contributed by atoms with Crippen molar-refractivity contribution in [3.63, 3.8) is 0 Å². The molecule has 0 spiro atoms. The molecule has 1 aliphatic rings. The van der Waals surface area contributed by atoms with Crippen molar-refractivity contribution in [1.29, 1.82) is 0 Å². The van der Waals surface area contributed by atoms with Crippen LogP contribution in [-0.4, -0.2) is 45.7 Å². The van der Waals surface area contributed by atoms with Crippen LogP contribution in [0.25, 0.3) is 0 Å². The van der Waals surface area contributed by atoms with Gasteiger partial charge in [-0.3, -0.25) is 14.6 Å². The number of nitrogens with zero attached hydrogens (tertiary/aromatic N) is 2. The predicted octanol–water partition coefficient (Wildman–Crippen LogP) is 0.389. The summed E-state index contributed by atoms with van der Waals surface area (Å²) in [5.41, 5.74) is -0.873. The van der Waals surface area contributed by atoms with E-state index >= 15 is 0 Å². The van der Waals surface area contributed by atoms with Crippen molar-refractivity contribution in [2.75, 3.05) is 13.3 Å². The maximum atomic E-state index is 11.8. The highest BCUT2D eigenvalue weighted by molar-refractivity contribution is 6.06. The molecule has 0 aromatic heterocycles. The smallest absolute Gasteiger partial charge is 0.329 e. The molecule has 0 aromatic carbocycles. The van der Waals surface area contributed by atoms with E-state index in [1.165, 1.54) is 9.80 Å². The van der Waals surface area contributed by atoms with Crippen molar-refractivity contribution in [3.05, 3.63) is 0 Å². The Balaban J connectivity index is 3.08. The Bertz CT molecular complexity index is 267.